The largest absolute Gasteiger partial charge is 0.355 e. The fraction of sp³-hybridized carbons (Fsp3) is 0.571. The Morgan fingerprint density at radius 3 is 2.89 bits per heavy atom. The second-order valence-corrected chi connectivity index (χ2v) is 5.23. The van der Waals surface area contributed by atoms with E-state index in [1.807, 2.05) is 24.1 Å². The van der Waals surface area contributed by atoms with Crippen LogP contribution in [0.4, 0.5) is 0 Å². The lowest BCUT2D eigenvalue weighted by molar-refractivity contribution is -0.122. The zero-order valence-corrected chi connectivity index (χ0v) is 12.0. The third-order valence-corrected chi connectivity index (χ3v) is 2.66. The van der Waals surface area contributed by atoms with Crippen LogP contribution in [0.1, 0.15) is 25.1 Å². The van der Waals surface area contributed by atoms with Gasteiger partial charge in [0.25, 0.3) is 0 Å². The van der Waals surface area contributed by atoms with Gasteiger partial charge in [0.2, 0.25) is 5.91 Å². The Morgan fingerprint density at radius 2 is 2.26 bits per heavy atom. The molecule has 0 unspecified atom stereocenters. The van der Waals surface area contributed by atoms with Crippen LogP contribution in [0, 0.1) is 5.92 Å². The Bertz CT molecular complexity index is 406. The van der Waals surface area contributed by atoms with Crippen LogP contribution in [-0.4, -0.2) is 35.9 Å². The van der Waals surface area contributed by atoms with Crippen LogP contribution in [-0.2, 0) is 17.9 Å². The SMILES string of the molecule is CC(C)CNC(=O)CN(C)Cc1ccnc(CN)c1. The van der Waals surface area contributed by atoms with Gasteiger partial charge in [0, 0.05) is 25.8 Å². The number of rotatable bonds is 7. The molecule has 19 heavy (non-hydrogen) atoms. The van der Waals surface area contributed by atoms with Crippen molar-refractivity contribution in [1.82, 2.24) is 15.2 Å². The summed E-state index contributed by atoms with van der Waals surface area (Å²) in [6.45, 7) is 6.42. The van der Waals surface area contributed by atoms with Gasteiger partial charge in [0.1, 0.15) is 0 Å². The summed E-state index contributed by atoms with van der Waals surface area (Å²) in [5, 5.41) is 2.91. The van der Waals surface area contributed by atoms with Crippen molar-refractivity contribution in [2.24, 2.45) is 11.7 Å². The maximum Gasteiger partial charge on any atom is 0.234 e. The van der Waals surface area contributed by atoms with Gasteiger partial charge in [-0.25, -0.2) is 0 Å². The number of carbonyl (C=O) groups is 1. The van der Waals surface area contributed by atoms with Crippen LogP contribution < -0.4 is 11.1 Å². The number of aromatic nitrogens is 1. The van der Waals surface area contributed by atoms with Gasteiger partial charge in [0.15, 0.2) is 0 Å². The highest BCUT2D eigenvalue weighted by atomic mass is 16.2. The molecule has 3 N–H and O–H groups in total. The van der Waals surface area contributed by atoms with Crippen molar-refractivity contribution >= 4 is 5.91 Å². The van der Waals surface area contributed by atoms with Crippen LogP contribution in [0.25, 0.3) is 0 Å². The topological polar surface area (TPSA) is 71.2 Å². The van der Waals surface area contributed by atoms with E-state index in [4.69, 9.17) is 5.73 Å². The normalized spacial score (nSPS) is 11.1. The quantitative estimate of drug-likeness (QED) is 0.762. The van der Waals surface area contributed by atoms with Gasteiger partial charge in [-0.15, -0.1) is 0 Å². The molecule has 0 spiro atoms. The molecule has 5 nitrogen and oxygen atoms in total. The maximum atomic E-state index is 11.7. The molecule has 0 saturated carbocycles. The van der Waals surface area contributed by atoms with Gasteiger partial charge in [-0.2, -0.15) is 0 Å². The molecule has 1 amide bonds. The van der Waals surface area contributed by atoms with Gasteiger partial charge >= 0.3 is 0 Å². The first-order chi connectivity index (χ1) is 9.01. The summed E-state index contributed by atoms with van der Waals surface area (Å²) in [5.74, 6) is 0.533. The number of likely N-dealkylation sites (N-methyl/N-ethyl adjacent to an activating group) is 1. The number of nitrogens with one attached hydrogen (secondary N) is 1. The van der Waals surface area contributed by atoms with Crippen LogP contribution in [0.15, 0.2) is 18.3 Å². The predicted molar refractivity (Wildman–Crippen MR) is 76.3 cm³/mol. The van der Waals surface area contributed by atoms with Crippen molar-refractivity contribution < 1.29 is 4.79 Å². The first kappa shape index (κ1) is 15.6. The lowest BCUT2D eigenvalue weighted by Gasteiger charge is -2.17. The average Bonchev–Trinajstić information content (AvgIpc) is 2.36. The molecule has 0 bridgehead atoms. The van der Waals surface area contributed by atoms with Crippen molar-refractivity contribution in [3.05, 3.63) is 29.6 Å². The van der Waals surface area contributed by atoms with Gasteiger partial charge in [-0.1, -0.05) is 13.8 Å². The number of amides is 1. The molecule has 0 fully saturated rings. The molecule has 0 aliphatic carbocycles. The van der Waals surface area contributed by atoms with Crippen LogP contribution in [0.3, 0.4) is 0 Å². The molecule has 106 valence electrons. The van der Waals surface area contributed by atoms with E-state index in [9.17, 15) is 4.79 Å². The fourth-order valence-corrected chi connectivity index (χ4v) is 1.72. The maximum absolute atomic E-state index is 11.7. The zero-order valence-electron chi connectivity index (χ0n) is 12.0. The smallest absolute Gasteiger partial charge is 0.234 e. The van der Waals surface area contributed by atoms with E-state index >= 15 is 0 Å². The molecule has 0 saturated heterocycles. The van der Waals surface area contributed by atoms with Gasteiger partial charge < -0.3 is 11.1 Å². The number of nitrogens with zero attached hydrogens (tertiary/aromatic N) is 2. The summed E-state index contributed by atoms with van der Waals surface area (Å²) in [5.41, 5.74) is 7.55. The Hall–Kier alpha value is -1.46. The summed E-state index contributed by atoms with van der Waals surface area (Å²) in [6.07, 6.45) is 1.75. The molecule has 0 aliphatic rings. The van der Waals surface area contributed by atoms with Crippen molar-refractivity contribution in [2.45, 2.75) is 26.9 Å². The highest BCUT2D eigenvalue weighted by molar-refractivity contribution is 5.77. The lowest BCUT2D eigenvalue weighted by Crippen LogP contribution is -2.36. The molecule has 0 radical (unpaired) electrons. The minimum absolute atomic E-state index is 0.0595. The molecule has 0 aliphatic heterocycles. The number of hydrogen-bond acceptors (Lipinski definition) is 4. The Labute approximate surface area is 115 Å². The molecule has 0 atom stereocenters. The standard InChI is InChI=1S/C14H24N4O/c1-11(2)8-17-14(19)10-18(3)9-12-4-5-16-13(6-12)7-15/h4-6,11H,7-10,15H2,1-3H3,(H,17,19). The molecule has 1 rings (SSSR count). The minimum atomic E-state index is 0.0595. The monoisotopic (exact) mass is 264 g/mol. The highest BCUT2D eigenvalue weighted by Crippen LogP contribution is 2.04. The Morgan fingerprint density at radius 1 is 1.53 bits per heavy atom. The summed E-state index contributed by atoms with van der Waals surface area (Å²) in [7, 11) is 1.93. The zero-order chi connectivity index (χ0) is 14.3. The first-order valence-electron chi connectivity index (χ1n) is 6.60. The second-order valence-electron chi connectivity index (χ2n) is 5.23. The van der Waals surface area contributed by atoms with Crippen molar-refractivity contribution in [2.75, 3.05) is 20.1 Å². The summed E-state index contributed by atoms with van der Waals surface area (Å²) < 4.78 is 0. The van der Waals surface area contributed by atoms with Gasteiger partial charge in [-0.3, -0.25) is 14.7 Å². The molecule has 1 heterocycles. The highest BCUT2D eigenvalue weighted by Gasteiger charge is 2.07. The molecule has 0 aromatic carbocycles. The second kappa shape index (κ2) is 7.86. The number of nitrogens with two attached hydrogens (primary N) is 1. The van der Waals surface area contributed by atoms with E-state index in [-0.39, 0.29) is 5.91 Å². The molecular formula is C14H24N4O. The van der Waals surface area contributed by atoms with E-state index in [2.05, 4.69) is 24.1 Å². The Balaban J connectivity index is 2.41. The van der Waals surface area contributed by atoms with Crippen LogP contribution in [0.2, 0.25) is 0 Å². The number of hydrogen-bond donors (Lipinski definition) is 2. The van der Waals surface area contributed by atoms with Crippen LogP contribution >= 0.6 is 0 Å². The molecule has 1 aromatic rings. The summed E-state index contributed by atoms with van der Waals surface area (Å²) in [6, 6.07) is 3.92. The van der Waals surface area contributed by atoms with E-state index in [1.54, 1.807) is 6.20 Å². The van der Waals surface area contributed by atoms with E-state index in [0.717, 1.165) is 17.8 Å². The molecule has 1 aromatic heterocycles. The van der Waals surface area contributed by atoms with Gasteiger partial charge in [-0.05, 0) is 30.7 Å². The van der Waals surface area contributed by atoms with E-state index in [0.29, 0.717) is 25.6 Å². The lowest BCUT2D eigenvalue weighted by atomic mass is 10.2. The average molecular weight is 264 g/mol. The first-order valence-corrected chi connectivity index (χ1v) is 6.60. The van der Waals surface area contributed by atoms with Crippen molar-refractivity contribution in [1.29, 1.82) is 0 Å². The minimum Gasteiger partial charge on any atom is -0.355 e. The molecular weight excluding hydrogens is 240 g/mol. The molecule has 5 heteroatoms. The summed E-state index contributed by atoms with van der Waals surface area (Å²) in [4.78, 5) is 17.8. The Kier molecular flexibility index (Phi) is 6.45. The predicted octanol–water partition coefficient (Wildman–Crippen LogP) is 0.744. The summed E-state index contributed by atoms with van der Waals surface area (Å²) >= 11 is 0. The van der Waals surface area contributed by atoms with E-state index < -0.39 is 0 Å². The number of pyridine rings is 1. The third kappa shape index (κ3) is 6.31. The van der Waals surface area contributed by atoms with Gasteiger partial charge in [0.05, 0.1) is 12.2 Å². The third-order valence-electron chi connectivity index (χ3n) is 2.66. The van der Waals surface area contributed by atoms with Crippen molar-refractivity contribution in [3.8, 4) is 0 Å². The fourth-order valence-electron chi connectivity index (χ4n) is 1.72. The van der Waals surface area contributed by atoms with Crippen molar-refractivity contribution in [3.63, 3.8) is 0 Å². The van der Waals surface area contributed by atoms with E-state index in [1.165, 1.54) is 0 Å². The number of carbonyl (C=O) groups excluding carboxylic acids is 1. The van der Waals surface area contributed by atoms with Crippen LogP contribution in [0.5, 0.6) is 0 Å².